The van der Waals surface area contributed by atoms with Gasteiger partial charge in [0.25, 0.3) is 18.3 Å². The Bertz CT molecular complexity index is 968. The molecule has 178 valence electrons. The first kappa shape index (κ1) is 24.2. The van der Waals surface area contributed by atoms with Crippen molar-refractivity contribution in [3.8, 4) is 5.75 Å². The molecule has 1 fully saturated rings. The number of piperazine rings is 1. The van der Waals surface area contributed by atoms with Crippen LogP contribution in [0.5, 0.6) is 5.75 Å². The summed E-state index contributed by atoms with van der Waals surface area (Å²) in [5.41, 5.74) is 2.92. The van der Waals surface area contributed by atoms with Crippen LogP contribution in [0.1, 0.15) is 46.0 Å². The summed E-state index contributed by atoms with van der Waals surface area (Å²) in [5.74, 6) is 0.645. The molecule has 0 bridgehead atoms. The monoisotopic (exact) mass is 457 g/mol. The van der Waals surface area contributed by atoms with Crippen LogP contribution in [-0.4, -0.2) is 94.2 Å². The summed E-state index contributed by atoms with van der Waals surface area (Å²) >= 11 is 0. The number of H-pyrrole nitrogens is 1. The Morgan fingerprint density at radius 1 is 1.12 bits per heavy atom. The number of fused-ring (bicyclic) bond motifs is 1. The van der Waals surface area contributed by atoms with Crippen molar-refractivity contribution in [1.29, 1.82) is 0 Å². The van der Waals surface area contributed by atoms with Crippen LogP contribution >= 0.6 is 0 Å². The molecule has 1 aromatic heterocycles. The summed E-state index contributed by atoms with van der Waals surface area (Å²) in [6, 6.07) is 7.26. The van der Waals surface area contributed by atoms with Gasteiger partial charge in [-0.15, -0.1) is 0 Å². The van der Waals surface area contributed by atoms with Gasteiger partial charge in [0, 0.05) is 43.9 Å². The second-order valence-electron chi connectivity index (χ2n) is 7.80. The lowest BCUT2D eigenvalue weighted by molar-refractivity contribution is -0.122. The molecule has 1 saturated heterocycles. The second kappa shape index (κ2) is 11.5. The fourth-order valence-corrected chi connectivity index (χ4v) is 4.15. The number of ether oxygens (including phenoxy) is 1. The average molecular weight is 458 g/mol. The van der Waals surface area contributed by atoms with Crippen LogP contribution < -0.4 is 4.74 Å². The number of rotatable bonds is 5. The highest BCUT2D eigenvalue weighted by Crippen LogP contribution is 2.24. The molecule has 1 aromatic carbocycles. The Labute approximate surface area is 193 Å². The number of carbonyl (C=O) groups is 3. The molecule has 0 aliphatic carbocycles. The molecule has 3 heterocycles. The van der Waals surface area contributed by atoms with Crippen molar-refractivity contribution in [3.05, 3.63) is 46.8 Å². The third-order valence-corrected chi connectivity index (χ3v) is 5.92. The Balaban J connectivity index is 0.000000968. The summed E-state index contributed by atoms with van der Waals surface area (Å²) < 4.78 is 5.51. The minimum absolute atomic E-state index is 0.00700. The standard InChI is InChI=1S/C22H29N5O3.CH2O2/c1-3-25-10-12-26(13-11-25)22(29)20-18-8-9-27(15-19(18)23-24-20)21(28)16-6-5-7-17(14-16)30-4-2;2-1-3/h5-7,14H,3-4,8-13,15H2,1-2H3,(H,23,24);1H,(H,2,3). The number of amides is 2. The van der Waals surface area contributed by atoms with Crippen molar-refractivity contribution in [2.75, 3.05) is 45.9 Å². The van der Waals surface area contributed by atoms with Gasteiger partial charge in [0.2, 0.25) is 0 Å². The van der Waals surface area contributed by atoms with Crippen molar-refractivity contribution in [2.45, 2.75) is 26.8 Å². The third-order valence-electron chi connectivity index (χ3n) is 5.92. The summed E-state index contributed by atoms with van der Waals surface area (Å²) in [5, 5.41) is 14.2. The van der Waals surface area contributed by atoms with Gasteiger partial charge in [0.15, 0.2) is 5.69 Å². The minimum Gasteiger partial charge on any atom is -0.494 e. The maximum atomic E-state index is 13.0. The van der Waals surface area contributed by atoms with E-state index in [2.05, 4.69) is 22.0 Å². The summed E-state index contributed by atoms with van der Waals surface area (Å²) in [7, 11) is 0. The van der Waals surface area contributed by atoms with E-state index in [0.29, 0.717) is 43.1 Å². The maximum Gasteiger partial charge on any atom is 0.290 e. The van der Waals surface area contributed by atoms with Crippen LogP contribution in [0.3, 0.4) is 0 Å². The van der Waals surface area contributed by atoms with Gasteiger partial charge in [0.05, 0.1) is 18.8 Å². The molecule has 0 unspecified atom stereocenters. The number of aromatic nitrogens is 2. The largest absolute Gasteiger partial charge is 0.494 e. The predicted octanol–water partition coefficient (Wildman–Crippen LogP) is 1.49. The molecule has 10 nitrogen and oxygen atoms in total. The molecule has 4 rings (SSSR count). The van der Waals surface area contributed by atoms with Gasteiger partial charge in [0.1, 0.15) is 5.75 Å². The first-order chi connectivity index (χ1) is 16.0. The minimum atomic E-state index is -0.250. The first-order valence-corrected chi connectivity index (χ1v) is 11.2. The van der Waals surface area contributed by atoms with E-state index in [0.717, 1.165) is 44.0 Å². The van der Waals surface area contributed by atoms with Crippen LogP contribution in [0.4, 0.5) is 0 Å². The number of nitrogens with zero attached hydrogens (tertiary/aromatic N) is 4. The van der Waals surface area contributed by atoms with E-state index in [9.17, 15) is 9.59 Å². The van der Waals surface area contributed by atoms with Crippen molar-refractivity contribution in [1.82, 2.24) is 24.9 Å². The lowest BCUT2D eigenvalue weighted by Crippen LogP contribution is -2.48. The number of hydrogen-bond acceptors (Lipinski definition) is 6. The average Bonchev–Trinajstić information content (AvgIpc) is 3.27. The molecule has 33 heavy (non-hydrogen) atoms. The predicted molar refractivity (Wildman–Crippen MR) is 121 cm³/mol. The van der Waals surface area contributed by atoms with E-state index in [1.807, 2.05) is 24.0 Å². The number of carboxylic acid groups (broad SMARTS) is 1. The number of aromatic amines is 1. The highest BCUT2D eigenvalue weighted by atomic mass is 16.5. The Kier molecular flexibility index (Phi) is 8.42. The fraction of sp³-hybridized carbons (Fsp3) is 0.478. The van der Waals surface area contributed by atoms with Crippen LogP contribution in [0, 0.1) is 0 Å². The van der Waals surface area contributed by atoms with Crippen molar-refractivity contribution < 1.29 is 24.2 Å². The molecule has 2 N–H and O–H groups in total. The lowest BCUT2D eigenvalue weighted by Gasteiger charge is -2.34. The molecule has 10 heteroatoms. The Morgan fingerprint density at radius 3 is 2.52 bits per heavy atom. The molecule has 0 atom stereocenters. The molecule has 0 spiro atoms. The van der Waals surface area contributed by atoms with Gasteiger partial charge in [-0.05, 0) is 38.1 Å². The van der Waals surface area contributed by atoms with E-state index < -0.39 is 0 Å². The highest BCUT2D eigenvalue weighted by molar-refractivity contribution is 5.96. The fourth-order valence-electron chi connectivity index (χ4n) is 4.15. The topological polar surface area (TPSA) is 119 Å². The second-order valence-corrected chi connectivity index (χ2v) is 7.80. The van der Waals surface area contributed by atoms with Crippen molar-refractivity contribution >= 4 is 18.3 Å². The zero-order valence-electron chi connectivity index (χ0n) is 19.1. The molecule has 0 saturated carbocycles. The van der Waals surface area contributed by atoms with Crippen molar-refractivity contribution in [2.24, 2.45) is 0 Å². The van der Waals surface area contributed by atoms with E-state index in [1.54, 1.807) is 17.0 Å². The number of nitrogens with one attached hydrogen (secondary N) is 1. The summed E-state index contributed by atoms with van der Waals surface area (Å²) in [6.45, 7) is 9.63. The van der Waals surface area contributed by atoms with Crippen molar-refractivity contribution in [3.63, 3.8) is 0 Å². The van der Waals surface area contributed by atoms with Gasteiger partial charge >= 0.3 is 0 Å². The van der Waals surface area contributed by atoms with E-state index in [-0.39, 0.29) is 18.3 Å². The Morgan fingerprint density at radius 2 is 1.85 bits per heavy atom. The third kappa shape index (κ3) is 5.70. The van der Waals surface area contributed by atoms with E-state index >= 15 is 0 Å². The van der Waals surface area contributed by atoms with Gasteiger partial charge < -0.3 is 24.5 Å². The Hall–Kier alpha value is -3.40. The molecule has 2 aromatic rings. The van der Waals surface area contributed by atoms with Gasteiger partial charge in [-0.3, -0.25) is 19.5 Å². The van der Waals surface area contributed by atoms with Crippen LogP contribution in [-0.2, 0) is 17.8 Å². The number of hydrogen-bond donors (Lipinski definition) is 2. The quantitative estimate of drug-likeness (QED) is 0.653. The number of likely N-dealkylation sites (N-methyl/N-ethyl adjacent to an activating group) is 1. The lowest BCUT2D eigenvalue weighted by atomic mass is 10.0. The van der Waals surface area contributed by atoms with Crippen LogP contribution in [0.15, 0.2) is 24.3 Å². The summed E-state index contributed by atoms with van der Waals surface area (Å²) in [6.07, 6.45) is 0.624. The molecule has 2 aliphatic rings. The molecule has 2 amide bonds. The van der Waals surface area contributed by atoms with Gasteiger partial charge in [-0.2, -0.15) is 5.10 Å². The molecule has 0 radical (unpaired) electrons. The van der Waals surface area contributed by atoms with Crippen LogP contribution in [0.25, 0.3) is 0 Å². The zero-order valence-corrected chi connectivity index (χ0v) is 19.1. The first-order valence-electron chi connectivity index (χ1n) is 11.2. The normalized spacial score (nSPS) is 15.8. The smallest absolute Gasteiger partial charge is 0.290 e. The molecular weight excluding hydrogens is 426 g/mol. The van der Waals surface area contributed by atoms with E-state index in [4.69, 9.17) is 14.6 Å². The van der Waals surface area contributed by atoms with Crippen LogP contribution in [0.2, 0.25) is 0 Å². The SMILES string of the molecule is CCOc1cccc(C(=O)N2CCc3c(C(=O)N4CCN(CC)CC4)n[nH]c3C2)c1.O=CO. The van der Waals surface area contributed by atoms with Gasteiger partial charge in [-0.25, -0.2) is 0 Å². The van der Waals surface area contributed by atoms with E-state index in [1.165, 1.54) is 0 Å². The highest BCUT2D eigenvalue weighted by Gasteiger charge is 2.31. The number of benzene rings is 1. The summed E-state index contributed by atoms with van der Waals surface area (Å²) in [4.78, 5) is 40.3. The molecular formula is C23H31N5O5. The zero-order chi connectivity index (χ0) is 23.8. The molecule has 2 aliphatic heterocycles. The van der Waals surface area contributed by atoms with Gasteiger partial charge in [-0.1, -0.05) is 13.0 Å². The maximum absolute atomic E-state index is 13.0. The number of carbonyl (C=O) groups excluding carboxylic acids is 2.